The molecule has 0 aromatic rings. The van der Waals surface area contributed by atoms with Crippen LogP contribution in [0.4, 0.5) is 0 Å². The number of esters is 1. The van der Waals surface area contributed by atoms with Crippen LogP contribution in [0.3, 0.4) is 0 Å². The molecular formula is C8H12O3. The maximum atomic E-state index is 10.7. The summed E-state index contributed by atoms with van der Waals surface area (Å²) in [6.45, 7) is 4.95. The quantitative estimate of drug-likeness (QED) is 0.312. The Kier molecular flexibility index (Phi) is 3.63. The Bertz CT molecular complexity index is 190. The van der Waals surface area contributed by atoms with Gasteiger partial charge in [0.25, 0.3) is 0 Å². The van der Waals surface area contributed by atoms with E-state index in [0.29, 0.717) is 0 Å². The van der Waals surface area contributed by atoms with Crippen molar-refractivity contribution in [2.45, 2.75) is 26.4 Å². The smallest absolute Gasteiger partial charge is 0.384 e. The van der Waals surface area contributed by atoms with Gasteiger partial charge in [-0.2, -0.15) is 0 Å². The normalized spacial score (nSPS) is 9.82. The lowest BCUT2D eigenvalue weighted by atomic mass is 10.2. The first-order valence-corrected chi connectivity index (χ1v) is 3.28. The minimum Gasteiger partial charge on any atom is -0.450 e. The monoisotopic (exact) mass is 156 g/mol. The van der Waals surface area contributed by atoms with E-state index in [1.54, 1.807) is 20.8 Å². The number of hydrogen-bond donors (Lipinski definition) is 1. The van der Waals surface area contributed by atoms with E-state index in [2.05, 4.69) is 11.8 Å². The third-order valence-corrected chi connectivity index (χ3v) is 0.668. The fraction of sp³-hybridized carbons (Fsp3) is 0.625. The van der Waals surface area contributed by atoms with Crippen LogP contribution >= 0.6 is 0 Å². The molecule has 0 aliphatic rings. The molecule has 11 heavy (non-hydrogen) atoms. The predicted molar refractivity (Wildman–Crippen MR) is 40.7 cm³/mol. The minimum absolute atomic E-state index is 0.320. The van der Waals surface area contributed by atoms with Crippen molar-refractivity contribution in [3.8, 4) is 11.8 Å². The molecule has 0 spiro atoms. The van der Waals surface area contributed by atoms with Crippen molar-refractivity contribution in [3.05, 3.63) is 0 Å². The Morgan fingerprint density at radius 2 is 2.09 bits per heavy atom. The summed E-state index contributed by atoms with van der Waals surface area (Å²) < 4.78 is 4.82. The maximum Gasteiger partial charge on any atom is 0.384 e. The van der Waals surface area contributed by atoms with Gasteiger partial charge in [-0.25, -0.2) is 4.79 Å². The average molecular weight is 156 g/mol. The van der Waals surface area contributed by atoms with Crippen molar-refractivity contribution >= 4 is 5.97 Å². The van der Waals surface area contributed by atoms with Gasteiger partial charge < -0.3 is 9.84 Å². The van der Waals surface area contributed by atoms with Crippen LogP contribution < -0.4 is 0 Å². The standard InChI is InChI=1S/C8H12O3/c1-8(2,3)11-7(10)5-4-6-9/h9H,6H2,1-3H3. The molecule has 3 heteroatoms. The fourth-order valence-electron chi connectivity index (χ4n) is 0.415. The van der Waals surface area contributed by atoms with Crippen molar-refractivity contribution in [2.75, 3.05) is 6.61 Å². The second-order valence-electron chi connectivity index (χ2n) is 2.96. The van der Waals surface area contributed by atoms with Crippen molar-refractivity contribution in [1.82, 2.24) is 0 Å². The second-order valence-corrected chi connectivity index (χ2v) is 2.96. The lowest BCUT2D eigenvalue weighted by Gasteiger charge is -2.16. The van der Waals surface area contributed by atoms with Crippen molar-refractivity contribution < 1.29 is 14.6 Å². The third-order valence-electron chi connectivity index (χ3n) is 0.668. The van der Waals surface area contributed by atoms with E-state index in [-0.39, 0.29) is 6.61 Å². The van der Waals surface area contributed by atoms with Crippen LogP contribution in [-0.4, -0.2) is 23.3 Å². The highest BCUT2D eigenvalue weighted by Crippen LogP contribution is 2.05. The molecule has 0 radical (unpaired) electrons. The molecule has 0 heterocycles. The Labute approximate surface area is 66.4 Å². The van der Waals surface area contributed by atoms with Crippen molar-refractivity contribution in [3.63, 3.8) is 0 Å². The third kappa shape index (κ3) is 6.88. The Morgan fingerprint density at radius 1 is 1.55 bits per heavy atom. The molecule has 0 aliphatic heterocycles. The summed E-state index contributed by atoms with van der Waals surface area (Å²) in [6.07, 6.45) is 0. The first-order valence-electron chi connectivity index (χ1n) is 3.28. The van der Waals surface area contributed by atoms with Crippen LogP contribution in [0, 0.1) is 11.8 Å². The summed E-state index contributed by atoms with van der Waals surface area (Å²) in [6, 6.07) is 0. The van der Waals surface area contributed by atoms with Crippen LogP contribution in [0.2, 0.25) is 0 Å². The van der Waals surface area contributed by atoms with Gasteiger partial charge in [0.05, 0.1) is 0 Å². The summed E-state index contributed by atoms with van der Waals surface area (Å²) >= 11 is 0. The first-order chi connectivity index (χ1) is 4.95. The lowest BCUT2D eigenvalue weighted by molar-refractivity contribution is -0.147. The SMILES string of the molecule is CC(C)(C)OC(=O)C#CCO. The topological polar surface area (TPSA) is 46.5 Å². The molecule has 62 valence electrons. The number of aliphatic hydroxyl groups excluding tert-OH is 1. The van der Waals surface area contributed by atoms with Crippen molar-refractivity contribution in [2.24, 2.45) is 0 Å². The van der Waals surface area contributed by atoms with E-state index in [9.17, 15) is 4.79 Å². The number of carbonyl (C=O) groups is 1. The number of carbonyl (C=O) groups excluding carboxylic acids is 1. The molecule has 0 fully saturated rings. The number of ether oxygens (including phenoxy) is 1. The maximum absolute atomic E-state index is 10.7. The molecule has 0 saturated carbocycles. The number of hydrogen-bond acceptors (Lipinski definition) is 3. The molecule has 3 nitrogen and oxygen atoms in total. The second kappa shape index (κ2) is 3.99. The van der Waals surface area contributed by atoms with Crippen molar-refractivity contribution in [1.29, 1.82) is 0 Å². The highest BCUT2D eigenvalue weighted by Gasteiger charge is 2.13. The van der Waals surface area contributed by atoms with E-state index in [0.717, 1.165) is 0 Å². The van der Waals surface area contributed by atoms with E-state index < -0.39 is 11.6 Å². The molecular weight excluding hydrogens is 144 g/mol. The molecule has 0 aliphatic carbocycles. The van der Waals surface area contributed by atoms with E-state index in [4.69, 9.17) is 9.84 Å². The summed E-state index contributed by atoms with van der Waals surface area (Å²) in [4.78, 5) is 10.7. The highest BCUT2D eigenvalue weighted by atomic mass is 16.6. The van der Waals surface area contributed by atoms with Crippen LogP contribution in [0.25, 0.3) is 0 Å². The van der Waals surface area contributed by atoms with Crippen LogP contribution in [0.15, 0.2) is 0 Å². The first kappa shape index (κ1) is 9.99. The molecule has 0 rings (SSSR count). The minimum atomic E-state index is -0.605. The molecule has 0 atom stereocenters. The van der Waals surface area contributed by atoms with Gasteiger partial charge in [0.15, 0.2) is 0 Å². The zero-order valence-corrected chi connectivity index (χ0v) is 6.97. The van der Waals surface area contributed by atoms with Gasteiger partial charge in [-0.1, -0.05) is 5.92 Å². The lowest BCUT2D eigenvalue weighted by Crippen LogP contribution is -2.22. The number of aliphatic hydroxyl groups is 1. The molecule has 0 saturated heterocycles. The van der Waals surface area contributed by atoms with Gasteiger partial charge in [0.1, 0.15) is 12.2 Å². The molecule has 0 bridgehead atoms. The van der Waals surface area contributed by atoms with Gasteiger partial charge in [-0.3, -0.25) is 0 Å². The van der Waals surface area contributed by atoms with E-state index in [1.165, 1.54) is 0 Å². The highest BCUT2D eigenvalue weighted by molar-refractivity contribution is 5.88. The summed E-state index contributed by atoms with van der Waals surface area (Å²) in [5.41, 5.74) is -0.513. The zero-order valence-electron chi connectivity index (χ0n) is 6.97. The average Bonchev–Trinajstić information content (AvgIpc) is 1.79. The van der Waals surface area contributed by atoms with Crippen LogP contribution in [-0.2, 0) is 9.53 Å². The van der Waals surface area contributed by atoms with Crippen LogP contribution in [0.1, 0.15) is 20.8 Å². The Morgan fingerprint density at radius 3 is 2.45 bits per heavy atom. The number of rotatable bonds is 0. The summed E-state index contributed by atoms with van der Waals surface area (Å²) in [5.74, 6) is 3.72. The van der Waals surface area contributed by atoms with E-state index >= 15 is 0 Å². The summed E-state index contributed by atoms with van der Waals surface area (Å²) in [5, 5.41) is 8.23. The zero-order chi connectivity index (χ0) is 8.91. The molecule has 0 unspecified atom stereocenters. The van der Waals surface area contributed by atoms with E-state index in [1.807, 2.05) is 0 Å². The summed E-state index contributed by atoms with van der Waals surface area (Å²) in [7, 11) is 0. The van der Waals surface area contributed by atoms with Gasteiger partial charge in [0.2, 0.25) is 0 Å². The predicted octanol–water partition coefficient (Wildman–Crippen LogP) is 0.324. The Hall–Kier alpha value is -1.01. The Balaban J connectivity index is 3.89. The molecule has 0 aromatic carbocycles. The van der Waals surface area contributed by atoms with Gasteiger partial charge >= 0.3 is 5.97 Å². The molecule has 0 aromatic heterocycles. The largest absolute Gasteiger partial charge is 0.450 e. The van der Waals surface area contributed by atoms with Gasteiger partial charge in [0, 0.05) is 5.92 Å². The molecule has 0 amide bonds. The van der Waals surface area contributed by atoms with Gasteiger partial charge in [-0.05, 0) is 20.8 Å². The fourth-order valence-corrected chi connectivity index (χ4v) is 0.415. The van der Waals surface area contributed by atoms with Gasteiger partial charge in [-0.15, -0.1) is 0 Å². The van der Waals surface area contributed by atoms with Crippen LogP contribution in [0.5, 0.6) is 0 Å². The molecule has 1 N–H and O–H groups in total.